The van der Waals surface area contributed by atoms with E-state index in [9.17, 15) is 4.79 Å². The summed E-state index contributed by atoms with van der Waals surface area (Å²) in [6.45, 7) is 6.23. The van der Waals surface area contributed by atoms with Gasteiger partial charge in [0.05, 0.1) is 19.2 Å². The Morgan fingerprint density at radius 2 is 2.31 bits per heavy atom. The zero-order valence-electron chi connectivity index (χ0n) is 10.0. The third kappa shape index (κ3) is 3.34. The van der Waals surface area contributed by atoms with Gasteiger partial charge >= 0.3 is 5.97 Å². The van der Waals surface area contributed by atoms with Crippen LogP contribution in [0.1, 0.15) is 44.8 Å². The minimum atomic E-state index is -0.341. The molecule has 16 heavy (non-hydrogen) atoms. The summed E-state index contributed by atoms with van der Waals surface area (Å²) >= 11 is 0. The first kappa shape index (κ1) is 12.7. The second-order valence-electron chi connectivity index (χ2n) is 3.96. The van der Waals surface area contributed by atoms with E-state index in [0.29, 0.717) is 12.6 Å². The highest BCUT2D eigenvalue weighted by Gasteiger charge is 2.14. The summed E-state index contributed by atoms with van der Waals surface area (Å²) in [6.07, 6.45) is 3.76. The number of rotatable bonds is 5. The Kier molecular flexibility index (Phi) is 4.49. The lowest BCUT2D eigenvalue weighted by Crippen LogP contribution is -2.16. The quantitative estimate of drug-likeness (QED) is 0.769. The molecule has 0 unspecified atom stereocenters. The summed E-state index contributed by atoms with van der Waals surface area (Å²) in [7, 11) is 0. The molecular weight excluding hydrogens is 206 g/mol. The molecule has 0 aliphatic carbocycles. The van der Waals surface area contributed by atoms with Crippen LogP contribution in [-0.2, 0) is 9.53 Å². The van der Waals surface area contributed by atoms with Crippen molar-refractivity contribution >= 4 is 5.97 Å². The molecule has 0 amide bonds. The molecule has 0 radical (unpaired) electrons. The average molecular weight is 225 g/mol. The number of hydrogen-bond donors (Lipinski definition) is 1. The van der Waals surface area contributed by atoms with Gasteiger partial charge in [0.1, 0.15) is 0 Å². The lowest BCUT2D eigenvalue weighted by Gasteiger charge is -2.08. The molecule has 0 aromatic carbocycles. The molecule has 1 rings (SSSR count). The van der Waals surface area contributed by atoms with Crippen molar-refractivity contribution in [2.45, 2.75) is 39.3 Å². The van der Waals surface area contributed by atoms with Gasteiger partial charge in [-0.25, -0.2) is 0 Å². The topological polar surface area (TPSA) is 70.1 Å². The minimum absolute atomic E-state index is 0.192. The molecule has 0 aliphatic rings. The van der Waals surface area contributed by atoms with Crippen molar-refractivity contribution in [3.8, 4) is 0 Å². The van der Waals surface area contributed by atoms with Crippen LogP contribution >= 0.6 is 0 Å². The van der Waals surface area contributed by atoms with Gasteiger partial charge in [0.25, 0.3) is 0 Å². The highest BCUT2D eigenvalue weighted by Crippen LogP contribution is 2.15. The van der Waals surface area contributed by atoms with E-state index in [2.05, 4.69) is 5.10 Å². The number of nitrogens with two attached hydrogens (primary N) is 1. The number of aromatic nitrogens is 2. The van der Waals surface area contributed by atoms with Gasteiger partial charge in [-0.05, 0) is 20.8 Å². The zero-order chi connectivity index (χ0) is 12.1. The Morgan fingerprint density at radius 1 is 1.62 bits per heavy atom. The molecule has 5 nitrogen and oxygen atoms in total. The molecule has 0 spiro atoms. The molecule has 2 N–H and O–H groups in total. The number of ether oxygens (including phenoxy) is 1. The Labute approximate surface area is 95.6 Å². The van der Waals surface area contributed by atoms with Crippen LogP contribution in [0.5, 0.6) is 0 Å². The number of carbonyl (C=O) groups is 1. The minimum Gasteiger partial charge on any atom is -0.466 e. The van der Waals surface area contributed by atoms with Gasteiger partial charge in [-0.1, -0.05) is 0 Å². The molecule has 0 saturated carbocycles. The molecule has 1 aromatic rings. The van der Waals surface area contributed by atoms with E-state index in [1.54, 1.807) is 13.1 Å². The van der Waals surface area contributed by atoms with Gasteiger partial charge in [-0.3, -0.25) is 9.48 Å². The fraction of sp³-hybridized carbons (Fsp3) is 0.636. The van der Waals surface area contributed by atoms with Gasteiger partial charge in [-0.2, -0.15) is 5.10 Å². The van der Waals surface area contributed by atoms with Gasteiger partial charge in [0.2, 0.25) is 0 Å². The second-order valence-corrected chi connectivity index (χ2v) is 3.96. The normalized spacial score (nSPS) is 12.8. The van der Waals surface area contributed by atoms with Crippen LogP contribution in [0.4, 0.5) is 0 Å². The summed E-state index contributed by atoms with van der Waals surface area (Å²) in [5, 5.41) is 4.17. The molecule has 0 fully saturated rings. The van der Waals surface area contributed by atoms with Crippen LogP contribution in [0.15, 0.2) is 12.4 Å². The summed E-state index contributed by atoms with van der Waals surface area (Å²) in [5.74, 6) is -0.271. The lowest BCUT2D eigenvalue weighted by molar-refractivity contribution is -0.143. The molecule has 90 valence electrons. The maximum absolute atomic E-state index is 11.2. The first-order valence-corrected chi connectivity index (χ1v) is 5.49. The third-order valence-corrected chi connectivity index (χ3v) is 2.27. The Balaban J connectivity index is 2.58. The highest BCUT2D eigenvalue weighted by molar-refractivity contribution is 5.70. The maximum Gasteiger partial charge on any atom is 0.307 e. The first-order valence-electron chi connectivity index (χ1n) is 5.49. The van der Waals surface area contributed by atoms with E-state index < -0.39 is 0 Å². The van der Waals surface area contributed by atoms with Gasteiger partial charge < -0.3 is 10.5 Å². The van der Waals surface area contributed by atoms with Crippen LogP contribution in [0.25, 0.3) is 0 Å². The van der Waals surface area contributed by atoms with Crippen LogP contribution in [0.2, 0.25) is 0 Å². The van der Waals surface area contributed by atoms with Crippen LogP contribution in [0, 0.1) is 0 Å². The van der Waals surface area contributed by atoms with E-state index in [1.165, 1.54) is 0 Å². The predicted octanol–water partition coefficient (Wildman–Crippen LogP) is 1.42. The SMILES string of the molecule is CCOC(=O)C[C@H](N)c1cnn(C(C)C)c1. The van der Waals surface area contributed by atoms with E-state index in [4.69, 9.17) is 10.5 Å². The van der Waals surface area contributed by atoms with Gasteiger partial charge in [-0.15, -0.1) is 0 Å². The molecule has 5 heteroatoms. The summed E-state index contributed by atoms with van der Waals surface area (Å²) in [5.41, 5.74) is 6.75. The van der Waals surface area contributed by atoms with E-state index in [0.717, 1.165) is 5.56 Å². The van der Waals surface area contributed by atoms with E-state index in [-0.39, 0.29) is 18.4 Å². The fourth-order valence-corrected chi connectivity index (χ4v) is 1.34. The molecular formula is C11H19N3O2. The molecule has 1 atom stereocenters. The monoisotopic (exact) mass is 225 g/mol. The van der Waals surface area contributed by atoms with E-state index >= 15 is 0 Å². The molecule has 1 aromatic heterocycles. The smallest absolute Gasteiger partial charge is 0.307 e. The second kappa shape index (κ2) is 5.65. The van der Waals surface area contributed by atoms with Crippen LogP contribution < -0.4 is 5.73 Å². The standard InChI is InChI=1S/C11H19N3O2/c1-4-16-11(15)5-10(12)9-6-13-14(7-9)8(2)3/h6-8,10H,4-5,12H2,1-3H3/t10-/m0/s1. The number of esters is 1. The largest absolute Gasteiger partial charge is 0.466 e. The van der Waals surface area contributed by atoms with Crippen LogP contribution in [-0.4, -0.2) is 22.4 Å². The fourth-order valence-electron chi connectivity index (χ4n) is 1.34. The molecule has 0 saturated heterocycles. The summed E-state index contributed by atoms with van der Waals surface area (Å²) < 4.78 is 6.66. The summed E-state index contributed by atoms with van der Waals surface area (Å²) in [6, 6.07) is -0.0462. The van der Waals surface area contributed by atoms with E-state index in [1.807, 2.05) is 24.7 Å². The zero-order valence-corrected chi connectivity index (χ0v) is 10.0. The number of hydrogen-bond acceptors (Lipinski definition) is 4. The van der Waals surface area contributed by atoms with Crippen molar-refractivity contribution in [3.63, 3.8) is 0 Å². The lowest BCUT2D eigenvalue weighted by atomic mass is 10.1. The first-order chi connectivity index (χ1) is 7.54. The van der Waals surface area contributed by atoms with Crippen molar-refractivity contribution in [3.05, 3.63) is 18.0 Å². The molecule has 1 heterocycles. The predicted molar refractivity (Wildman–Crippen MR) is 60.8 cm³/mol. The Morgan fingerprint density at radius 3 is 2.81 bits per heavy atom. The van der Waals surface area contributed by atoms with Crippen molar-refractivity contribution in [2.24, 2.45) is 5.73 Å². The number of carbonyl (C=O) groups excluding carboxylic acids is 1. The highest BCUT2D eigenvalue weighted by atomic mass is 16.5. The van der Waals surface area contributed by atoms with Crippen molar-refractivity contribution < 1.29 is 9.53 Å². The van der Waals surface area contributed by atoms with Gasteiger partial charge in [0.15, 0.2) is 0 Å². The maximum atomic E-state index is 11.2. The summed E-state index contributed by atoms with van der Waals surface area (Å²) in [4.78, 5) is 11.2. The van der Waals surface area contributed by atoms with Gasteiger partial charge in [0, 0.05) is 23.8 Å². The Hall–Kier alpha value is -1.36. The van der Waals surface area contributed by atoms with Crippen molar-refractivity contribution in [2.75, 3.05) is 6.61 Å². The average Bonchev–Trinajstić information content (AvgIpc) is 2.66. The molecule has 0 bridgehead atoms. The van der Waals surface area contributed by atoms with Crippen molar-refractivity contribution in [1.29, 1.82) is 0 Å². The van der Waals surface area contributed by atoms with Crippen molar-refractivity contribution in [1.82, 2.24) is 9.78 Å². The third-order valence-electron chi connectivity index (χ3n) is 2.27. The number of nitrogens with zero attached hydrogens (tertiary/aromatic N) is 2. The van der Waals surface area contributed by atoms with Crippen LogP contribution in [0.3, 0.4) is 0 Å². The molecule has 0 aliphatic heterocycles. The Bertz CT molecular complexity index is 347.